The Labute approximate surface area is 119 Å². The van der Waals surface area contributed by atoms with Gasteiger partial charge in [-0.05, 0) is 20.3 Å². The second-order valence-corrected chi connectivity index (χ2v) is 6.69. The lowest BCUT2D eigenvalue weighted by Gasteiger charge is -2.26. The lowest BCUT2D eigenvalue weighted by Crippen LogP contribution is -2.38. The van der Waals surface area contributed by atoms with Crippen molar-refractivity contribution in [2.75, 3.05) is 40.0 Å². The highest BCUT2D eigenvalue weighted by atomic mass is 32.1. The number of rotatable bonds is 7. The van der Waals surface area contributed by atoms with Crippen molar-refractivity contribution in [2.24, 2.45) is 5.41 Å². The molecule has 1 N–H and O–H groups in total. The second-order valence-electron chi connectivity index (χ2n) is 5.40. The molecule has 0 saturated carbocycles. The lowest BCUT2D eigenvalue weighted by molar-refractivity contribution is 0.145. The molecule has 0 aliphatic carbocycles. The smallest absolute Gasteiger partial charge is 0.0937 e. The molecule has 0 spiro atoms. The van der Waals surface area contributed by atoms with Crippen LogP contribution in [0.4, 0.5) is 0 Å². The Morgan fingerprint density at radius 1 is 1.47 bits per heavy atom. The highest BCUT2D eigenvalue weighted by molar-refractivity contribution is 7.11. The molecule has 108 valence electrons. The van der Waals surface area contributed by atoms with E-state index in [-0.39, 0.29) is 5.41 Å². The number of hydrogen-bond acceptors (Lipinski definition) is 5. The third kappa shape index (κ3) is 3.99. The van der Waals surface area contributed by atoms with Crippen molar-refractivity contribution >= 4 is 11.3 Å². The first kappa shape index (κ1) is 14.9. The molecule has 4 nitrogen and oxygen atoms in total. The monoisotopic (exact) mass is 284 g/mol. The van der Waals surface area contributed by atoms with Crippen molar-refractivity contribution in [3.05, 3.63) is 15.6 Å². The molecule has 1 aromatic rings. The van der Waals surface area contributed by atoms with E-state index in [4.69, 9.17) is 9.47 Å². The average Bonchev–Trinajstić information content (AvgIpc) is 2.94. The summed E-state index contributed by atoms with van der Waals surface area (Å²) in [6.07, 6.45) is 2.14. The van der Waals surface area contributed by atoms with Crippen molar-refractivity contribution in [3.8, 4) is 0 Å². The fraction of sp³-hybridized carbons (Fsp3) is 0.786. The maximum absolute atomic E-state index is 5.63. The van der Waals surface area contributed by atoms with Gasteiger partial charge in [0.2, 0.25) is 0 Å². The van der Waals surface area contributed by atoms with Gasteiger partial charge in [0, 0.05) is 43.5 Å². The molecule has 0 radical (unpaired) electrons. The third-order valence-electron chi connectivity index (χ3n) is 3.77. The van der Waals surface area contributed by atoms with Crippen molar-refractivity contribution in [2.45, 2.75) is 26.7 Å². The van der Waals surface area contributed by atoms with E-state index < -0.39 is 0 Å². The van der Waals surface area contributed by atoms with E-state index in [0.717, 1.165) is 45.8 Å². The lowest BCUT2D eigenvalue weighted by atomic mass is 9.84. The molecule has 1 aliphatic rings. The topological polar surface area (TPSA) is 43.4 Å². The molecule has 0 bridgehead atoms. The van der Waals surface area contributed by atoms with Crippen LogP contribution >= 0.6 is 11.3 Å². The number of aromatic nitrogens is 1. The second kappa shape index (κ2) is 6.79. The van der Waals surface area contributed by atoms with Crippen LogP contribution in [0.15, 0.2) is 0 Å². The molecule has 2 rings (SSSR count). The fourth-order valence-electron chi connectivity index (χ4n) is 2.45. The fourth-order valence-corrected chi connectivity index (χ4v) is 3.56. The van der Waals surface area contributed by atoms with Crippen LogP contribution < -0.4 is 5.32 Å². The average molecular weight is 284 g/mol. The van der Waals surface area contributed by atoms with Crippen molar-refractivity contribution in [1.29, 1.82) is 0 Å². The quantitative estimate of drug-likeness (QED) is 0.777. The zero-order valence-corrected chi connectivity index (χ0v) is 12.9. The Bertz CT molecular complexity index is 381. The van der Waals surface area contributed by atoms with Gasteiger partial charge in [-0.3, -0.25) is 0 Å². The number of methoxy groups -OCH3 is 1. The van der Waals surface area contributed by atoms with Gasteiger partial charge in [-0.25, -0.2) is 4.98 Å². The number of thiazole rings is 1. The van der Waals surface area contributed by atoms with E-state index in [1.807, 2.05) is 11.3 Å². The normalized spacial score (nSPS) is 23.1. The van der Waals surface area contributed by atoms with Crippen LogP contribution in [0.25, 0.3) is 0 Å². The van der Waals surface area contributed by atoms with Crippen LogP contribution in [0, 0.1) is 19.3 Å². The van der Waals surface area contributed by atoms with Crippen LogP contribution in [0.3, 0.4) is 0 Å². The van der Waals surface area contributed by atoms with Gasteiger partial charge in [0.15, 0.2) is 0 Å². The molecule has 0 aromatic carbocycles. The van der Waals surface area contributed by atoms with Crippen molar-refractivity contribution in [3.63, 3.8) is 0 Å². The summed E-state index contributed by atoms with van der Waals surface area (Å²) in [5.41, 5.74) is 1.38. The van der Waals surface area contributed by atoms with E-state index in [0.29, 0.717) is 0 Å². The molecule has 19 heavy (non-hydrogen) atoms. The highest BCUT2D eigenvalue weighted by Crippen LogP contribution is 2.33. The van der Waals surface area contributed by atoms with E-state index in [9.17, 15) is 0 Å². The van der Waals surface area contributed by atoms with Crippen LogP contribution in [0.1, 0.15) is 22.0 Å². The molecule has 5 heteroatoms. The molecule has 0 amide bonds. The van der Waals surface area contributed by atoms with Crippen LogP contribution in [0.2, 0.25) is 0 Å². The van der Waals surface area contributed by atoms with E-state index in [1.165, 1.54) is 15.6 Å². The Balaban J connectivity index is 1.94. The highest BCUT2D eigenvalue weighted by Gasteiger charge is 2.35. The van der Waals surface area contributed by atoms with Gasteiger partial charge in [0.1, 0.15) is 0 Å². The van der Waals surface area contributed by atoms with Gasteiger partial charge in [0.25, 0.3) is 0 Å². The number of nitrogens with one attached hydrogen (secondary N) is 1. The Morgan fingerprint density at radius 3 is 2.89 bits per heavy atom. The molecule has 1 unspecified atom stereocenters. The molecule has 1 saturated heterocycles. The minimum absolute atomic E-state index is 0.213. The number of hydrogen-bond donors (Lipinski definition) is 1. The number of aryl methyl sites for hydroxylation is 2. The molecular weight excluding hydrogens is 260 g/mol. The largest absolute Gasteiger partial charge is 0.383 e. The molecular formula is C14H24N2O2S. The van der Waals surface area contributed by atoms with Crippen LogP contribution in [0.5, 0.6) is 0 Å². The standard InChI is InChI=1S/C14H24N2O2S/c1-11-12(2)19-13(16-11)8-14(4-6-18-10-14)9-15-5-7-17-3/h15H,4-10H2,1-3H3. The maximum atomic E-state index is 5.63. The predicted octanol–water partition coefficient (Wildman–Crippen LogP) is 1.95. The van der Waals surface area contributed by atoms with Gasteiger partial charge >= 0.3 is 0 Å². The van der Waals surface area contributed by atoms with Gasteiger partial charge in [-0.15, -0.1) is 11.3 Å². The number of nitrogens with zero attached hydrogens (tertiary/aromatic N) is 1. The first-order valence-electron chi connectivity index (χ1n) is 6.85. The van der Waals surface area contributed by atoms with Gasteiger partial charge < -0.3 is 14.8 Å². The Morgan fingerprint density at radius 2 is 2.32 bits per heavy atom. The van der Waals surface area contributed by atoms with E-state index in [2.05, 4.69) is 24.1 Å². The third-order valence-corrected chi connectivity index (χ3v) is 4.84. The first-order chi connectivity index (χ1) is 9.15. The van der Waals surface area contributed by atoms with Crippen LogP contribution in [-0.2, 0) is 15.9 Å². The first-order valence-corrected chi connectivity index (χ1v) is 7.67. The maximum Gasteiger partial charge on any atom is 0.0937 e. The van der Waals surface area contributed by atoms with Gasteiger partial charge in [-0.1, -0.05) is 0 Å². The molecule has 1 aliphatic heterocycles. The Hall–Kier alpha value is -0.490. The summed E-state index contributed by atoms with van der Waals surface area (Å²) in [5, 5.41) is 4.73. The molecule has 2 heterocycles. The zero-order chi connectivity index (χ0) is 13.7. The summed E-state index contributed by atoms with van der Waals surface area (Å²) >= 11 is 1.82. The van der Waals surface area contributed by atoms with Crippen molar-refractivity contribution < 1.29 is 9.47 Å². The van der Waals surface area contributed by atoms with E-state index in [1.54, 1.807) is 7.11 Å². The molecule has 1 aromatic heterocycles. The SMILES string of the molecule is COCCNCC1(Cc2nc(C)c(C)s2)CCOC1. The predicted molar refractivity (Wildman–Crippen MR) is 77.9 cm³/mol. The summed E-state index contributed by atoms with van der Waals surface area (Å²) in [6.45, 7) is 8.57. The number of ether oxygens (including phenoxy) is 2. The summed E-state index contributed by atoms with van der Waals surface area (Å²) in [7, 11) is 1.73. The zero-order valence-electron chi connectivity index (χ0n) is 12.1. The minimum atomic E-state index is 0.213. The molecule has 1 atom stereocenters. The van der Waals surface area contributed by atoms with E-state index >= 15 is 0 Å². The minimum Gasteiger partial charge on any atom is -0.383 e. The Kier molecular flexibility index (Phi) is 5.33. The summed E-state index contributed by atoms with van der Waals surface area (Å²) in [4.78, 5) is 6.00. The van der Waals surface area contributed by atoms with Crippen LogP contribution in [-0.4, -0.2) is 45.0 Å². The molecule has 1 fully saturated rings. The summed E-state index contributed by atoms with van der Waals surface area (Å²) in [6, 6.07) is 0. The van der Waals surface area contributed by atoms with Crippen molar-refractivity contribution in [1.82, 2.24) is 10.3 Å². The van der Waals surface area contributed by atoms with Gasteiger partial charge in [-0.2, -0.15) is 0 Å². The summed E-state index contributed by atoms with van der Waals surface area (Å²) < 4.78 is 10.7. The summed E-state index contributed by atoms with van der Waals surface area (Å²) in [5.74, 6) is 0. The van der Waals surface area contributed by atoms with Gasteiger partial charge in [0.05, 0.1) is 23.9 Å².